The van der Waals surface area contributed by atoms with Crippen LogP contribution in [0.2, 0.25) is 0 Å². The number of benzene rings is 2. The number of Topliss-reactive ketones (excluding diaryl/α,β-unsaturated/α-hetero) is 1. The molecule has 29 heavy (non-hydrogen) atoms. The number of carbonyl (C=O) groups excluding carboxylic acids is 2. The molecule has 156 valence electrons. The van der Waals surface area contributed by atoms with Gasteiger partial charge in [-0.2, -0.15) is 0 Å². The third-order valence-electron chi connectivity index (χ3n) is 4.09. The topological polar surface area (TPSA) is 95.4 Å². The Hall–Kier alpha value is -2.44. The largest absolute Gasteiger partial charge is 0.425 e. The number of hydrogen-bond donors (Lipinski definition) is 2. The van der Waals surface area contributed by atoms with Gasteiger partial charge in [-0.1, -0.05) is 42.5 Å². The molecule has 5 nitrogen and oxygen atoms in total. The van der Waals surface area contributed by atoms with Crippen LogP contribution in [0.4, 0.5) is 0 Å². The minimum absolute atomic E-state index is 0. The van der Waals surface area contributed by atoms with Gasteiger partial charge in [0, 0.05) is 5.56 Å². The van der Waals surface area contributed by atoms with E-state index in [0.29, 0.717) is 23.3 Å². The monoisotopic (exact) mass is 436 g/mol. The number of ether oxygens (including phenoxy) is 1. The van der Waals surface area contributed by atoms with Crippen LogP contribution in [0, 0.1) is 0 Å². The van der Waals surface area contributed by atoms with E-state index in [0.717, 1.165) is 17.5 Å². The number of halogens is 2. The van der Waals surface area contributed by atoms with Crippen molar-refractivity contribution < 1.29 is 14.3 Å². The van der Waals surface area contributed by atoms with Crippen LogP contribution in [0.5, 0.6) is 5.75 Å². The van der Waals surface area contributed by atoms with Crippen LogP contribution < -0.4 is 16.2 Å². The fourth-order valence-electron chi connectivity index (χ4n) is 2.69. The summed E-state index contributed by atoms with van der Waals surface area (Å²) in [7, 11) is 0. The number of carbonyl (C=O) groups is 2. The predicted octanol–water partition coefficient (Wildman–Crippen LogP) is 3.73. The molecule has 0 spiro atoms. The summed E-state index contributed by atoms with van der Waals surface area (Å²) in [6.45, 7) is 7.22. The maximum absolute atomic E-state index is 12.5. The van der Waals surface area contributed by atoms with Crippen molar-refractivity contribution in [2.45, 2.75) is 18.9 Å². The highest BCUT2D eigenvalue weighted by atomic mass is 35.5. The number of nitrogens with two attached hydrogens (primary N) is 2. The molecule has 0 radical (unpaired) electrons. The second kappa shape index (κ2) is 12.9. The fourth-order valence-corrected chi connectivity index (χ4v) is 2.69. The fraction of sp³-hybridized carbons (Fsp3) is 0.182. The van der Waals surface area contributed by atoms with Gasteiger partial charge in [-0.05, 0) is 41.7 Å². The van der Waals surface area contributed by atoms with Crippen molar-refractivity contribution in [2.75, 3.05) is 6.54 Å². The average molecular weight is 437 g/mol. The van der Waals surface area contributed by atoms with Crippen molar-refractivity contribution >= 4 is 36.6 Å². The highest BCUT2D eigenvalue weighted by molar-refractivity contribution is 6.00. The molecule has 0 saturated carbocycles. The third kappa shape index (κ3) is 7.15. The zero-order chi connectivity index (χ0) is 19.8. The number of hydrogen-bond acceptors (Lipinski definition) is 5. The lowest BCUT2D eigenvalue weighted by molar-refractivity contribution is -0.136. The van der Waals surface area contributed by atoms with Crippen molar-refractivity contribution in [3.63, 3.8) is 0 Å². The van der Waals surface area contributed by atoms with Gasteiger partial charge in [0.05, 0.1) is 6.54 Å². The first-order chi connectivity index (χ1) is 13.0. The molecule has 0 aromatic heterocycles. The first kappa shape index (κ1) is 26.6. The molecule has 2 aromatic rings. The van der Waals surface area contributed by atoms with Gasteiger partial charge in [-0.3, -0.25) is 4.79 Å². The lowest BCUT2D eigenvalue weighted by atomic mass is 9.94. The molecule has 0 bridgehead atoms. The Labute approximate surface area is 183 Å². The van der Waals surface area contributed by atoms with Gasteiger partial charge in [0.15, 0.2) is 5.78 Å². The predicted molar refractivity (Wildman–Crippen MR) is 121 cm³/mol. The van der Waals surface area contributed by atoms with E-state index in [1.165, 1.54) is 0 Å². The summed E-state index contributed by atoms with van der Waals surface area (Å²) in [5, 5.41) is 0. The summed E-state index contributed by atoms with van der Waals surface area (Å²) < 4.78 is 5.38. The quantitative estimate of drug-likeness (QED) is 0.270. The molecule has 7 heteroatoms. The molecule has 0 amide bonds. The number of esters is 1. The molecule has 0 aliphatic heterocycles. The van der Waals surface area contributed by atoms with Crippen molar-refractivity contribution in [1.82, 2.24) is 0 Å². The molecule has 0 aliphatic carbocycles. The Morgan fingerprint density at radius 2 is 1.52 bits per heavy atom. The van der Waals surface area contributed by atoms with E-state index in [2.05, 4.69) is 13.2 Å². The molecule has 1 unspecified atom stereocenters. The van der Waals surface area contributed by atoms with Crippen LogP contribution >= 0.6 is 24.8 Å². The standard InChI is InChI=1S/C22H24N2O3.2ClH/c1-3-5-15-7-10-17(11-8-15)27-22(26)21(24)19-13-16(6-4-2)9-12-18(19)20(25)14-23;;/h3-4,7-13,21H,1-2,5-6,14,23-24H2;2*1H. The molecule has 0 fully saturated rings. The smallest absolute Gasteiger partial charge is 0.332 e. The summed E-state index contributed by atoms with van der Waals surface area (Å²) in [5.74, 6) is -0.544. The molecule has 0 aliphatic rings. The number of rotatable bonds is 9. The lowest BCUT2D eigenvalue weighted by Gasteiger charge is -2.16. The van der Waals surface area contributed by atoms with Gasteiger partial charge in [0.2, 0.25) is 0 Å². The molecular weight excluding hydrogens is 411 g/mol. The normalized spacial score (nSPS) is 10.7. The van der Waals surface area contributed by atoms with E-state index in [1.807, 2.05) is 12.1 Å². The van der Waals surface area contributed by atoms with Gasteiger partial charge in [-0.15, -0.1) is 38.0 Å². The minimum atomic E-state index is -1.10. The molecule has 1 atom stereocenters. The Kier molecular flexibility index (Phi) is 11.8. The van der Waals surface area contributed by atoms with E-state index in [4.69, 9.17) is 16.2 Å². The summed E-state index contributed by atoms with van der Waals surface area (Å²) >= 11 is 0. The Balaban J connectivity index is 0.00000392. The van der Waals surface area contributed by atoms with Crippen molar-refractivity contribution in [3.8, 4) is 5.75 Å². The van der Waals surface area contributed by atoms with Crippen LogP contribution in [-0.2, 0) is 17.6 Å². The minimum Gasteiger partial charge on any atom is -0.425 e. The van der Waals surface area contributed by atoms with E-state index in [9.17, 15) is 9.59 Å². The summed E-state index contributed by atoms with van der Waals surface area (Å²) in [5.41, 5.74) is 14.3. The SMILES string of the molecule is C=CCc1ccc(OC(=O)C(N)c2cc(CC=C)ccc2C(=O)CN)cc1.Cl.Cl. The second-order valence-corrected chi connectivity index (χ2v) is 6.08. The Bertz CT molecular complexity index is 852. The van der Waals surface area contributed by atoms with E-state index >= 15 is 0 Å². The Morgan fingerprint density at radius 3 is 2.07 bits per heavy atom. The molecule has 2 aromatic carbocycles. The van der Waals surface area contributed by atoms with Gasteiger partial charge in [0.25, 0.3) is 0 Å². The van der Waals surface area contributed by atoms with Gasteiger partial charge in [-0.25, -0.2) is 4.79 Å². The summed E-state index contributed by atoms with van der Waals surface area (Å²) in [4.78, 5) is 24.7. The zero-order valence-electron chi connectivity index (χ0n) is 16.0. The molecule has 0 heterocycles. The summed E-state index contributed by atoms with van der Waals surface area (Å²) in [6.07, 6.45) is 4.85. The van der Waals surface area contributed by atoms with Crippen molar-refractivity contribution in [2.24, 2.45) is 11.5 Å². The van der Waals surface area contributed by atoms with E-state index in [-0.39, 0.29) is 37.1 Å². The van der Waals surface area contributed by atoms with E-state index in [1.54, 1.807) is 42.5 Å². The maximum atomic E-state index is 12.5. The van der Waals surface area contributed by atoms with Gasteiger partial charge in [0.1, 0.15) is 11.8 Å². The highest BCUT2D eigenvalue weighted by Crippen LogP contribution is 2.22. The maximum Gasteiger partial charge on any atom is 0.332 e. The van der Waals surface area contributed by atoms with Crippen LogP contribution in [0.15, 0.2) is 67.8 Å². The van der Waals surface area contributed by atoms with Crippen LogP contribution in [0.25, 0.3) is 0 Å². The number of ketones is 1. The van der Waals surface area contributed by atoms with Crippen molar-refractivity contribution in [3.05, 3.63) is 90.0 Å². The Morgan fingerprint density at radius 1 is 0.966 bits per heavy atom. The van der Waals surface area contributed by atoms with Crippen molar-refractivity contribution in [1.29, 1.82) is 0 Å². The first-order valence-corrected chi connectivity index (χ1v) is 8.64. The number of allylic oxidation sites excluding steroid dienone is 2. The van der Waals surface area contributed by atoms with Crippen LogP contribution in [0.3, 0.4) is 0 Å². The van der Waals surface area contributed by atoms with Crippen LogP contribution in [-0.4, -0.2) is 18.3 Å². The second-order valence-electron chi connectivity index (χ2n) is 6.08. The molecule has 4 N–H and O–H groups in total. The first-order valence-electron chi connectivity index (χ1n) is 8.64. The highest BCUT2D eigenvalue weighted by Gasteiger charge is 2.24. The molecule has 0 saturated heterocycles. The lowest BCUT2D eigenvalue weighted by Crippen LogP contribution is -2.29. The van der Waals surface area contributed by atoms with Crippen LogP contribution in [0.1, 0.15) is 33.1 Å². The van der Waals surface area contributed by atoms with Gasteiger partial charge < -0.3 is 16.2 Å². The third-order valence-corrected chi connectivity index (χ3v) is 4.09. The molecular formula is C22H26Cl2N2O3. The average Bonchev–Trinajstić information content (AvgIpc) is 2.68. The zero-order valence-corrected chi connectivity index (χ0v) is 17.6. The van der Waals surface area contributed by atoms with E-state index < -0.39 is 12.0 Å². The van der Waals surface area contributed by atoms with Gasteiger partial charge >= 0.3 is 5.97 Å². The molecule has 2 rings (SSSR count). The summed E-state index contributed by atoms with van der Waals surface area (Å²) in [6, 6.07) is 11.2.